The van der Waals surface area contributed by atoms with Gasteiger partial charge < -0.3 is 20.1 Å². The van der Waals surface area contributed by atoms with Gasteiger partial charge in [0.1, 0.15) is 5.75 Å². The molecule has 26 heavy (non-hydrogen) atoms. The van der Waals surface area contributed by atoms with Gasteiger partial charge in [0.2, 0.25) is 5.78 Å². The van der Waals surface area contributed by atoms with E-state index in [0.29, 0.717) is 16.8 Å². The lowest BCUT2D eigenvalue weighted by Gasteiger charge is -1.97. The molecule has 0 aliphatic heterocycles. The number of phenolic OH excluding ortho intramolecular Hbond substituents is 1. The predicted octanol–water partition coefficient (Wildman–Crippen LogP) is 3.98. The van der Waals surface area contributed by atoms with Crippen molar-refractivity contribution in [3.05, 3.63) is 72.4 Å². The van der Waals surface area contributed by atoms with Crippen LogP contribution in [-0.4, -0.2) is 30.8 Å². The fraction of sp³-hybridized carbons (Fsp3) is 0. The molecule has 3 heterocycles. The van der Waals surface area contributed by atoms with E-state index < -0.39 is 0 Å². The summed E-state index contributed by atoms with van der Waals surface area (Å²) < 4.78 is 0. The maximum atomic E-state index is 12.9. The Bertz CT molecular complexity index is 1280. The molecule has 0 saturated heterocycles. The second-order valence-corrected chi connectivity index (χ2v) is 6.14. The van der Waals surface area contributed by atoms with Crippen LogP contribution in [0.15, 0.2) is 61.1 Å². The molecule has 0 amide bonds. The Morgan fingerprint density at radius 3 is 2.65 bits per heavy atom. The van der Waals surface area contributed by atoms with Gasteiger partial charge >= 0.3 is 0 Å². The zero-order chi connectivity index (χ0) is 17.7. The number of H-pyrrole nitrogens is 3. The Labute approximate surface area is 147 Å². The Balaban J connectivity index is 1.56. The molecule has 0 atom stereocenters. The van der Waals surface area contributed by atoms with Crippen molar-refractivity contribution in [1.82, 2.24) is 19.9 Å². The molecule has 0 bridgehead atoms. The number of hydrogen-bond donors (Lipinski definition) is 4. The summed E-state index contributed by atoms with van der Waals surface area (Å²) in [6, 6.07) is 12.8. The maximum Gasteiger partial charge on any atom is 0.230 e. The molecule has 6 heteroatoms. The van der Waals surface area contributed by atoms with Crippen LogP contribution in [0.1, 0.15) is 16.2 Å². The predicted molar refractivity (Wildman–Crippen MR) is 99.3 cm³/mol. The van der Waals surface area contributed by atoms with Crippen molar-refractivity contribution in [2.45, 2.75) is 0 Å². The van der Waals surface area contributed by atoms with Crippen LogP contribution in [0.25, 0.3) is 33.1 Å². The van der Waals surface area contributed by atoms with Crippen molar-refractivity contribution in [2.24, 2.45) is 0 Å². The maximum absolute atomic E-state index is 12.9. The molecular formula is C20H14N4O2. The molecule has 0 saturated carbocycles. The van der Waals surface area contributed by atoms with E-state index in [0.717, 1.165) is 21.9 Å². The molecule has 3 aromatic heterocycles. The average molecular weight is 342 g/mol. The first-order valence-electron chi connectivity index (χ1n) is 8.17. The molecule has 0 unspecified atom stereocenters. The summed E-state index contributed by atoms with van der Waals surface area (Å²) in [5.74, 6) is 0.227. The van der Waals surface area contributed by atoms with Crippen LogP contribution in [0.2, 0.25) is 0 Å². The van der Waals surface area contributed by atoms with Crippen molar-refractivity contribution < 1.29 is 9.90 Å². The summed E-state index contributed by atoms with van der Waals surface area (Å²) in [4.78, 5) is 26.6. The number of carbonyl (C=O) groups is 1. The van der Waals surface area contributed by atoms with E-state index in [1.54, 1.807) is 30.6 Å². The van der Waals surface area contributed by atoms with Gasteiger partial charge in [0.15, 0.2) is 5.82 Å². The summed E-state index contributed by atoms with van der Waals surface area (Å²) in [6.07, 6.45) is 5.27. The van der Waals surface area contributed by atoms with E-state index in [9.17, 15) is 9.90 Å². The van der Waals surface area contributed by atoms with Gasteiger partial charge in [0, 0.05) is 52.0 Å². The molecule has 0 aliphatic carbocycles. The molecule has 0 fully saturated rings. The summed E-state index contributed by atoms with van der Waals surface area (Å²) in [5, 5.41) is 11.4. The van der Waals surface area contributed by atoms with Crippen LogP contribution >= 0.6 is 0 Å². The Kier molecular flexibility index (Phi) is 2.99. The van der Waals surface area contributed by atoms with E-state index >= 15 is 0 Å². The third-order valence-electron chi connectivity index (χ3n) is 4.57. The molecule has 5 aromatic rings. The highest BCUT2D eigenvalue weighted by Gasteiger charge is 2.19. The minimum absolute atomic E-state index is 0.151. The van der Waals surface area contributed by atoms with Gasteiger partial charge in [-0.1, -0.05) is 18.2 Å². The SMILES string of the molecule is O=C(c1nc(-c2c[nH]c3ccccc23)c[nH]1)c1c[nH]c2cc(O)ccc12. The molecule has 0 radical (unpaired) electrons. The van der Waals surface area contributed by atoms with Gasteiger partial charge in [-0.3, -0.25) is 4.79 Å². The molecule has 2 aromatic carbocycles. The number of aromatic amines is 3. The van der Waals surface area contributed by atoms with Crippen LogP contribution in [0, 0.1) is 0 Å². The number of carbonyl (C=O) groups excluding carboxylic acids is 1. The number of benzene rings is 2. The lowest BCUT2D eigenvalue weighted by molar-refractivity contribution is 0.103. The summed E-state index contributed by atoms with van der Waals surface area (Å²) in [5.41, 5.74) is 3.90. The fourth-order valence-corrected chi connectivity index (χ4v) is 3.29. The fourth-order valence-electron chi connectivity index (χ4n) is 3.29. The highest BCUT2D eigenvalue weighted by molar-refractivity contribution is 6.15. The topological polar surface area (TPSA) is 97.6 Å². The van der Waals surface area contributed by atoms with Crippen molar-refractivity contribution in [3.63, 3.8) is 0 Å². The first-order valence-corrected chi connectivity index (χ1v) is 8.17. The van der Waals surface area contributed by atoms with Gasteiger partial charge in [0.25, 0.3) is 0 Å². The second-order valence-electron chi connectivity index (χ2n) is 6.14. The Hall–Kier alpha value is -3.80. The molecule has 5 rings (SSSR count). The number of imidazole rings is 1. The van der Waals surface area contributed by atoms with Gasteiger partial charge in [-0.25, -0.2) is 4.98 Å². The van der Waals surface area contributed by atoms with Gasteiger partial charge in [0.05, 0.1) is 11.3 Å². The number of hydrogen-bond acceptors (Lipinski definition) is 3. The molecule has 4 N–H and O–H groups in total. The van der Waals surface area contributed by atoms with E-state index in [2.05, 4.69) is 19.9 Å². The number of fused-ring (bicyclic) bond motifs is 2. The van der Waals surface area contributed by atoms with Crippen LogP contribution in [0.3, 0.4) is 0 Å². The number of nitrogens with zero attached hydrogens (tertiary/aromatic N) is 1. The first kappa shape index (κ1) is 14.5. The third kappa shape index (κ3) is 2.12. The van der Waals surface area contributed by atoms with Crippen LogP contribution in [0.4, 0.5) is 0 Å². The number of para-hydroxylation sites is 1. The Morgan fingerprint density at radius 2 is 1.73 bits per heavy atom. The molecule has 0 spiro atoms. The highest BCUT2D eigenvalue weighted by atomic mass is 16.3. The van der Waals surface area contributed by atoms with E-state index in [-0.39, 0.29) is 17.4 Å². The minimum Gasteiger partial charge on any atom is -0.508 e. The Morgan fingerprint density at radius 1 is 0.885 bits per heavy atom. The van der Waals surface area contributed by atoms with Gasteiger partial charge in [-0.15, -0.1) is 0 Å². The quantitative estimate of drug-likeness (QED) is 0.373. The number of aromatic hydroxyl groups is 1. The summed E-state index contributed by atoms with van der Waals surface area (Å²) in [7, 11) is 0. The smallest absolute Gasteiger partial charge is 0.230 e. The minimum atomic E-state index is -0.201. The van der Waals surface area contributed by atoms with Crippen molar-refractivity contribution in [3.8, 4) is 17.0 Å². The zero-order valence-electron chi connectivity index (χ0n) is 13.6. The van der Waals surface area contributed by atoms with Gasteiger partial charge in [-0.05, 0) is 18.2 Å². The summed E-state index contributed by atoms with van der Waals surface area (Å²) >= 11 is 0. The van der Waals surface area contributed by atoms with Crippen molar-refractivity contribution >= 4 is 27.6 Å². The highest BCUT2D eigenvalue weighted by Crippen LogP contribution is 2.28. The number of phenols is 1. The number of ketones is 1. The van der Waals surface area contributed by atoms with Gasteiger partial charge in [-0.2, -0.15) is 0 Å². The average Bonchev–Trinajstić information content (AvgIpc) is 3.38. The lowest BCUT2D eigenvalue weighted by atomic mass is 10.1. The third-order valence-corrected chi connectivity index (χ3v) is 4.57. The van der Waals surface area contributed by atoms with Crippen LogP contribution in [-0.2, 0) is 0 Å². The zero-order valence-corrected chi connectivity index (χ0v) is 13.6. The van der Waals surface area contributed by atoms with Crippen LogP contribution in [0.5, 0.6) is 5.75 Å². The standard InChI is InChI=1S/C20H14N4O2/c25-11-5-6-13-15(9-22-17(13)7-11)19(26)20-23-10-18(24-20)14-8-21-16-4-2-1-3-12(14)16/h1-10,21-22,25H,(H,23,24). The molecular weight excluding hydrogens is 328 g/mol. The van der Waals surface area contributed by atoms with E-state index in [1.165, 1.54) is 0 Å². The van der Waals surface area contributed by atoms with E-state index in [1.807, 2.05) is 30.5 Å². The molecule has 126 valence electrons. The summed E-state index contributed by atoms with van der Waals surface area (Å²) in [6.45, 7) is 0. The normalized spacial score (nSPS) is 11.4. The molecule has 6 nitrogen and oxygen atoms in total. The lowest BCUT2D eigenvalue weighted by Crippen LogP contribution is -2.02. The van der Waals surface area contributed by atoms with Crippen molar-refractivity contribution in [2.75, 3.05) is 0 Å². The first-order chi connectivity index (χ1) is 12.7. The second kappa shape index (κ2) is 5.35. The van der Waals surface area contributed by atoms with E-state index in [4.69, 9.17) is 0 Å². The van der Waals surface area contributed by atoms with Crippen LogP contribution < -0.4 is 0 Å². The monoisotopic (exact) mass is 342 g/mol. The number of aromatic nitrogens is 4. The largest absolute Gasteiger partial charge is 0.508 e. The molecule has 0 aliphatic rings. The van der Waals surface area contributed by atoms with Crippen molar-refractivity contribution in [1.29, 1.82) is 0 Å². The number of nitrogens with one attached hydrogen (secondary N) is 3. The number of rotatable bonds is 3.